The van der Waals surface area contributed by atoms with Gasteiger partial charge in [-0.25, -0.2) is 9.59 Å². The molecule has 2 aromatic carbocycles. The van der Waals surface area contributed by atoms with E-state index in [1.165, 1.54) is 25.3 Å². The second-order valence-corrected chi connectivity index (χ2v) is 4.65. The molecule has 0 saturated heterocycles. The second kappa shape index (κ2) is 4.56. The monoisotopic (exact) mass is 282 g/mol. The topological polar surface area (TPSA) is 80.7 Å². The van der Waals surface area contributed by atoms with Crippen molar-refractivity contribution in [2.45, 2.75) is 0 Å². The van der Waals surface area contributed by atoms with Gasteiger partial charge < -0.3 is 9.84 Å². The minimum atomic E-state index is -1.09. The van der Waals surface area contributed by atoms with Gasteiger partial charge in [-0.3, -0.25) is 4.79 Å². The zero-order chi connectivity index (χ0) is 15.1. The molecule has 0 fully saturated rings. The summed E-state index contributed by atoms with van der Waals surface area (Å²) in [6.07, 6.45) is 0. The predicted octanol–water partition coefficient (Wildman–Crippen LogP) is 2.38. The number of carbonyl (C=O) groups is 3. The van der Waals surface area contributed by atoms with E-state index in [9.17, 15) is 14.4 Å². The normalized spacial score (nSPS) is 11.8. The summed E-state index contributed by atoms with van der Waals surface area (Å²) in [6, 6.07) is 9.16. The SMILES string of the molecule is COC(=O)c1ccc2c(c1)C(=O)c1cc(C(=O)O)ccc1-2. The third kappa shape index (κ3) is 1.90. The Balaban J connectivity index is 2.15. The first-order chi connectivity index (χ1) is 10.0. The van der Waals surface area contributed by atoms with Crippen LogP contribution in [0.4, 0.5) is 0 Å². The summed E-state index contributed by atoms with van der Waals surface area (Å²) in [5, 5.41) is 9.00. The molecule has 5 nitrogen and oxygen atoms in total. The van der Waals surface area contributed by atoms with E-state index in [-0.39, 0.29) is 16.9 Å². The van der Waals surface area contributed by atoms with Crippen LogP contribution in [0.2, 0.25) is 0 Å². The molecular weight excluding hydrogens is 272 g/mol. The number of carboxylic acids is 1. The van der Waals surface area contributed by atoms with Gasteiger partial charge in [0, 0.05) is 11.1 Å². The van der Waals surface area contributed by atoms with Crippen LogP contribution in [0.25, 0.3) is 11.1 Å². The summed E-state index contributed by atoms with van der Waals surface area (Å²) < 4.78 is 4.63. The van der Waals surface area contributed by atoms with Crippen molar-refractivity contribution in [1.82, 2.24) is 0 Å². The van der Waals surface area contributed by atoms with Gasteiger partial charge in [-0.1, -0.05) is 12.1 Å². The van der Waals surface area contributed by atoms with Gasteiger partial charge in [0.15, 0.2) is 5.78 Å². The average Bonchev–Trinajstić information content (AvgIpc) is 2.78. The molecule has 1 aliphatic rings. The Bertz CT molecular complexity index is 804. The van der Waals surface area contributed by atoms with Crippen LogP contribution in [0, 0.1) is 0 Å². The number of hydrogen-bond acceptors (Lipinski definition) is 4. The van der Waals surface area contributed by atoms with Crippen LogP contribution in [0.1, 0.15) is 36.6 Å². The maximum atomic E-state index is 12.4. The van der Waals surface area contributed by atoms with Gasteiger partial charge in [0.1, 0.15) is 0 Å². The van der Waals surface area contributed by atoms with Crippen LogP contribution in [0.5, 0.6) is 0 Å². The number of fused-ring (bicyclic) bond motifs is 3. The number of benzene rings is 2. The summed E-state index contributed by atoms with van der Waals surface area (Å²) in [5.74, 6) is -1.89. The first-order valence-electron chi connectivity index (χ1n) is 6.17. The summed E-state index contributed by atoms with van der Waals surface area (Å²) in [4.78, 5) is 34.9. The molecule has 0 bridgehead atoms. The number of rotatable bonds is 2. The van der Waals surface area contributed by atoms with E-state index >= 15 is 0 Å². The summed E-state index contributed by atoms with van der Waals surface area (Å²) in [7, 11) is 1.27. The number of hydrogen-bond donors (Lipinski definition) is 1. The molecule has 104 valence electrons. The first kappa shape index (κ1) is 13.1. The van der Waals surface area contributed by atoms with Crippen molar-refractivity contribution in [3.8, 4) is 11.1 Å². The number of ketones is 1. The van der Waals surface area contributed by atoms with Crippen molar-refractivity contribution in [1.29, 1.82) is 0 Å². The highest BCUT2D eigenvalue weighted by molar-refractivity contribution is 6.22. The lowest BCUT2D eigenvalue weighted by molar-refractivity contribution is 0.0600. The van der Waals surface area contributed by atoms with Crippen molar-refractivity contribution < 1.29 is 24.2 Å². The third-order valence-corrected chi connectivity index (χ3v) is 3.49. The van der Waals surface area contributed by atoms with Gasteiger partial charge in [-0.2, -0.15) is 0 Å². The van der Waals surface area contributed by atoms with Crippen molar-refractivity contribution in [2.75, 3.05) is 7.11 Å². The van der Waals surface area contributed by atoms with E-state index < -0.39 is 11.9 Å². The van der Waals surface area contributed by atoms with Crippen molar-refractivity contribution in [2.24, 2.45) is 0 Å². The Hall–Kier alpha value is -2.95. The van der Waals surface area contributed by atoms with Crippen LogP contribution < -0.4 is 0 Å². The minimum Gasteiger partial charge on any atom is -0.478 e. The van der Waals surface area contributed by atoms with E-state index in [2.05, 4.69) is 4.74 Å². The van der Waals surface area contributed by atoms with Crippen LogP contribution in [-0.2, 0) is 4.74 Å². The number of ether oxygens (including phenoxy) is 1. The van der Waals surface area contributed by atoms with Crippen LogP contribution >= 0.6 is 0 Å². The Labute approximate surface area is 119 Å². The zero-order valence-electron chi connectivity index (χ0n) is 11.0. The maximum Gasteiger partial charge on any atom is 0.337 e. The number of esters is 1. The molecule has 1 aliphatic carbocycles. The van der Waals surface area contributed by atoms with Crippen LogP contribution in [0.15, 0.2) is 36.4 Å². The molecule has 0 spiro atoms. The summed E-state index contributed by atoms with van der Waals surface area (Å²) in [6.45, 7) is 0. The zero-order valence-corrected chi connectivity index (χ0v) is 11.0. The molecular formula is C16H10O5. The van der Waals surface area contributed by atoms with Gasteiger partial charge in [0.05, 0.1) is 18.2 Å². The molecule has 5 heteroatoms. The number of methoxy groups -OCH3 is 1. The Kier molecular flexibility index (Phi) is 2.83. The molecule has 0 aliphatic heterocycles. The van der Waals surface area contributed by atoms with E-state index in [1.807, 2.05) is 0 Å². The molecule has 0 amide bonds. The molecule has 2 aromatic rings. The maximum absolute atomic E-state index is 12.4. The molecule has 0 aromatic heterocycles. The minimum absolute atomic E-state index is 0.0584. The second-order valence-electron chi connectivity index (χ2n) is 4.65. The van der Waals surface area contributed by atoms with Crippen molar-refractivity contribution in [3.63, 3.8) is 0 Å². The fourth-order valence-corrected chi connectivity index (χ4v) is 2.46. The van der Waals surface area contributed by atoms with Gasteiger partial charge in [0.25, 0.3) is 0 Å². The van der Waals surface area contributed by atoms with Crippen LogP contribution in [0.3, 0.4) is 0 Å². The molecule has 0 heterocycles. The van der Waals surface area contributed by atoms with Crippen molar-refractivity contribution >= 4 is 17.7 Å². The predicted molar refractivity (Wildman–Crippen MR) is 73.6 cm³/mol. The number of aromatic carboxylic acids is 1. The number of carbonyl (C=O) groups excluding carboxylic acids is 2. The molecule has 21 heavy (non-hydrogen) atoms. The van der Waals surface area contributed by atoms with E-state index in [0.29, 0.717) is 22.3 Å². The van der Waals surface area contributed by atoms with E-state index in [4.69, 9.17) is 5.11 Å². The van der Waals surface area contributed by atoms with E-state index in [0.717, 1.165) is 0 Å². The molecule has 0 saturated carbocycles. The Morgan fingerprint density at radius 2 is 1.43 bits per heavy atom. The summed E-state index contributed by atoms with van der Waals surface area (Å²) >= 11 is 0. The standard InChI is InChI=1S/C16H10O5/c1-21-16(20)9-3-5-11-10-4-2-8(15(18)19)6-12(10)14(17)13(11)7-9/h2-7H,1H3,(H,18,19). The Morgan fingerprint density at radius 3 is 1.95 bits per heavy atom. The largest absolute Gasteiger partial charge is 0.478 e. The van der Waals surface area contributed by atoms with Gasteiger partial charge in [0.2, 0.25) is 0 Å². The fourth-order valence-electron chi connectivity index (χ4n) is 2.46. The average molecular weight is 282 g/mol. The number of carboxylic acid groups (broad SMARTS) is 1. The Morgan fingerprint density at radius 1 is 0.905 bits per heavy atom. The van der Waals surface area contributed by atoms with Gasteiger partial charge in [-0.15, -0.1) is 0 Å². The van der Waals surface area contributed by atoms with Crippen molar-refractivity contribution in [3.05, 3.63) is 58.7 Å². The molecule has 0 atom stereocenters. The third-order valence-electron chi connectivity index (χ3n) is 3.49. The molecule has 1 N–H and O–H groups in total. The lowest BCUT2D eigenvalue weighted by Gasteiger charge is -2.03. The lowest BCUT2D eigenvalue weighted by atomic mass is 10.0. The molecule has 0 unspecified atom stereocenters. The highest BCUT2D eigenvalue weighted by atomic mass is 16.5. The molecule has 0 radical (unpaired) electrons. The molecule has 3 rings (SSSR count). The first-order valence-corrected chi connectivity index (χ1v) is 6.17. The lowest BCUT2D eigenvalue weighted by Crippen LogP contribution is -2.04. The quantitative estimate of drug-likeness (QED) is 0.730. The highest BCUT2D eigenvalue weighted by Gasteiger charge is 2.28. The summed E-state index contributed by atoms with van der Waals surface area (Å²) in [5.41, 5.74) is 2.44. The fraction of sp³-hybridized carbons (Fsp3) is 0.0625. The highest BCUT2D eigenvalue weighted by Crippen LogP contribution is 2.37. The smallest absolute Gasteiger partial charge is 0.337 e. The van der Waals surface area contributed by atoms with E-state index in [1.54, 1.807) is 18.2 Å². The van der Waals surface area contributed by atoms with Gasteiger partial charge >= 0.3 is 11.9 Å². The van der Waals surface area contributed by atoms with Gasteiger partial charge in [-0.05, 0) is 35.4 Å². The van der Waals surface area contributed by atoms with Crippen LogP contribution in [-0.4, -0.2) is 29.9 Å².